The summed E-state index contributed by atoms with van der Waals surface area (Å²) < 4.78 is 41.3. The molecule has 0 aromatic heterocycles. The molecule has 0 saturated heterocycles. The number of carbonyl (C=O) groups is 1. The molecule has 0 bridgehead atoms. The van der Waals surface area contributed by atoms with Crippen LogP contribution < -0.4 is 4.74 Å². The summed E-state index contributed by atoms with van der Waals surface area (Å²) in [5.41, 5.74) is 0.273. The maximum Gasteiger partial charge on any atom is 0.389 e. The first-order valence-corrected chi connectivity index (χ1v) is 5.64. The van der Waals surface area contributed by atoms with Gasteiger partial charge < -0.3 is 4.74 Å². The van der Waals surface area contributed by atoms with Crippen molar-refractivity contribution in [2.75, 3.05) is 0 Å². The maximum atomic E-state index is 12.0. The summed E-state index contributed by atoms with van der Waals surface area (Å²) >= 11 is 0. The smallest absolute Gasteiger partial charge is 0.389 e. The number of ether oxygens (including phenoxy) is 1. The fourth-order valence-electron chi connectivity index (χ4n) is 1.39. The summed E-state index contributed by atoms with van der Waals surface area (Å²) in [5.74, 6) is 0.0841. The molecule has 0 aliphatic carbocycles. The lowest BCUT2D eigenvalue weighted by atomic mass is 10.1. The first-order valence-electron chi connectivity index (χ1n) is 5.64. The van der Waals surface area contributed by atoms with Gasteiger partial charge in [-0.25, -0.2) is 0 Å². The molecule has 0 atom stereocenters. The molecule has 1 aromatic rings. The van der Waals surface area contributed by atoms with Crippen LogP contribution in [-0.4, -0.2) is 18.1 Å². The van der Waals surface area contributed by atoms with E-state index in [1.807, 2.05) is 13.8 Å². The van der Waals surface area contributed by atoms with Gasteiger partial charge in [-0.2, -0.15) is 13.2 Å². The molecule has 2 nitrogen and oxygen atoms in total. The first kappa shape index (κ1) is 14.5. The number of Topliss-reactive ketones (excluding diaryl/α,β-unsaturated/α-hetero) is 1. The Morgan fingerprint density at radius 1 is 1.22 bits per heavy atom. The van der Waals surface area contributed by atoms with Crippen molar-refractivity contribution >= 4 is 5.78 Å². The number of benzene rings is 1. The third kappa shape index (κ3) is 5.21. The first-order chi connectivity index (χ1) is 8.28. The highest BCUT2D eigenvalue weighted by Gasteiger charge is 2.28. The quantitative estimate of drug-likeness (QED) is 0.748. The third-order valence-electron chi connectivity index (χ3n) is 2.18. The molecule has 0 unspecified atom stereocenters. The van der Waals surface area contributed by atoms with Crippen molar-refractivity contribution in [3.05, 3.63) is 29.8 Å². The molecule has 0 radical (unpaired) electrons. The molecule has 1 aromatic carbocycles. The fourth-order valence-corrected chi connectivity index (χ4v) is 1.39. The molecule has 0 spiro atoms. The number of alkyl halides is 3. The Bertz CT molecular complexity index is 394. The summed E-state index contributed by atoms with van der Waals surface area (Å²) in [7, 11) is 0. The van der Waals surface area contributed by atoms with Crippen molar-refractivity contribution in [2.24, 2.45) is 0 Å². The SMILES string of the molecule is CC(C)Oc1ccc(C(=O)CCC(F)(F)F)cc1. The molecular formula is C13H15F3O2. The van der Waals surface area contributed by atoms with Crippen molar-refractivity contribution in [3.63, 3.8) is 0 Å². The van der Waals surface area contributed by atoms with Crippen molar-refractivity contribution in [1.82, 2.24) is 0 Å². The van der Waals surface area contributed by atoms with E-state index in [0.29, 0.717) is 5.75 Å². The normalized spacial score (nSPS) is 11.7. The molecule has 0 amide bonds. The van der Waals surface area contributed by atoms with E-state index < -0.39 is 24.8 Å². The van der Waals surface area contributed by atoms with Crippen molar-refractivity contribution in [3.8, 4) is 5.75 Å². The molecule has 18 heavy (non-hydrogen) atoms. The maximum absolute atomic E-state index is 12.0. The van der Waals surface area contributed by atoms with Gasteiger partial charge in [-0.15, -0.1) is 0 Å². The van der Waals surface area contributed by atoms with Crippen LogP contribution in [0.2, 0.25) is 0 Å². The second-order valence-corrected chi connectivity index (χ2v) is 4.23. The van der Waals surface area contributed by atoms with Gasteiger partial charge in [0.25, 0.3) is 0 Å². The molecule has 0 aliphatic rings. The van der Waals surface area contributed by atoms with E-state index in [4.69, 9.17) is 4.74 Å². The van der Waals surface area contributed by atoms with Crippen LogP contribution in [0.1, 0.15) is 37.0 Å². The van der Waals surface area contributed by atoms with Gasteiger partial charge in [0.05, 0.1) is 12.5 Å². The topological polar surface area (TPSA) is 26.3 Å². The number of hydrogen-bond acceptors (Lipinski definition) is 2. The summed E-state index contributed by atoms with van der Waals surface area (Å²) in [4.78, 5) is 11.5. The predicted octanol–water partition coefficient (Wildman–Crippen LogP) is 4.00. The van der Waals surface area contributed by atoms with Crippen LogP contribution in [0, 0.1) is 0 Å². The van der Waals surface area contributed by atoms with E-state index >= 15 is 0 Å². The van der Waals surface area contributed by atoms with Crippen LogP contribution in [0.3, 0.4) is 0 Å². The van der Waals surface area contributed by atoms with Crippen molar-refractivity contribution in [1.29, 1.82) is 0 Å². The average molecular weight is 260 g/mol. The monoisotopic (exact) mass is 260 g/mol. The molecule has 5 heteroatoms. The minimum absolute atomic E-state index is 0.0109. The molecule has 0 fully saturated rings. The van der Waals surface area contributed by atoms with Gasteiger partial charge in [0.2, 0.25) is 0 Å². The van der Waals surface area contributed by atoms with Crippen molar-refractivity contribution < 1.29 is 22.7 Å². The van der Waals surface area contributed by atoms with E-state index in [1.54, 1.807) is 12.1 Å². The Labute approximate surface area is 104 Å². The lowest BCUT2D eigenvalue weighted by Crippen LogP contribution is -2.11. The van der Waals surface area contributed by atoms with E-state index in [-0.39, 0.29) is 11.7 Å². The van der Waals surface area contributed by atoms with Crippen LogP contribution in [0.4, 0.5) is 13.2 Å². The van der Waals surface area contributed by atoms with Gasteiger partial charge >= 0.3 is 6.18 Å². The summed E-state index contributed by atoms with van der Waals surface area (Å²) in [5, 5.41) is 0. The minimum Gasteiger partial charge on any atom is -0.491 e. The van der Waals surface area contributed by atoms with Crippen LogP contribution in [0.5, 0.6) is 5.75 Å². The molecule has 1 rings (SSSR count). The van der Waals surface area contributed by atoms with Crippen LogP contribution in [-0.2, 0) is 0 Å². The average Bonchev–Trinajstić information content (AvgIpc) is 2.25. The molecule has 0 aliphatic heterocycles. The lowest BCUT2D eigenvalue weighted by molar-refractivity contribution is -0.133. The number of hydrogen-bond donors (Lipinski definition) is 0. The van der Waals surface area contributed by atoms with E-state index in [0.717, 1.165) is 0 Å². The molecular weight excluding hydrogens is 245 g/mol. The highest BCUT2D eigenvalue weighted by atomic mass is 19.4. The Hall–Kier alpha value is -1.52. The number of carbonyl (C=O) groups excluding carboxylic acids is 1. The Morgan fingerprint density at radius 2 is 1.78 bits per heavy atom. The fraction of sp³-hybridized carbons (Fsp3) is 0.462. The zero-order chi connectivity index (χ0) is 13.8. The molecule has 0 heterocycles. The third-order valence-corrected chi connectivity index (χ3v) is 2.18. The Balaban J connectivity index is 2.59. The molecule has 0 N–H and O–H groups in total. The number of ketones is 1. The molecule has 100 valence electrons. The summed E-state index contributed by atoms with van der Waals surface area (Å²) in [6, 6.07) is 6.13. The van der Waals surface area contributed by atoms with Crippen molar-refractivity contribution in [2.45, 2.75) is 39.0 Å². The van der Waals surface area contributed by atoms with Gasteiger partial charge in [-0.05, 0) is 38.1 Å². The Kier molecular flexibility index (Phi) is 4.76. The highest BCUT2D eigenvalue weighted by molar-refractivity contribution is 5.96. The zero-order valence-electron chi connectivity index (χ0n) is 10.3. The van der Waals surface area contributed by atoms with Gasteiger partial charge in [0.1, 0.15) is 5.75 Å². The van der Waals surface area contributed by atoms with E-state index in [1.165, 1.54) is 12.1 Å². The van der Waals surface area contributed by atoms with Crippen LogP contribution in [0.15, 0.2) is 24.3 Å². The van der Waals surface area contributed by atoms with E-state index in [9.17, 15) is 18.0 Å². The van der Waals surface area contributed by atoms with Gasteiger partial charge in [0, 0.05) is 12.0 Å². The second kappa shape index (κ2) is 5.89. The minimum atomic E-state index is -4.30. The van der Waals surface area contributed by atoms with Gasteiger partial charge in [0.15, 0.2) is 5.78 Å². The largest absolute Gasteiger partial charge is 0.491 e. The van der Waals surface area contributed by atoms with Gasteiger partial charge in [-0.3, -0.25) is 4.79 Å². The number of rotatable bonds is 5. The second-order valence-electron chi connectivity index (χ2n) is 4.23. The number of halogens is 3. The summed E-state index contributed by atoms with van der Waals surface area (Å²) in [6.45, 7) is 3.73. The predicted molar refractivity (Wildman–Crippen MR) is 61.8 cm³/mol. The standard InChI is InChI=1S/C13H15F3O2/c1-9(2)18-11-5-3-10(4-6-11)12(17)7-8-13(14,15)16/h3-6,9H,7-8H2,1-2H3. The molecule has 0 saturated carbocycles. The van der Waals surface area contributed by atoms with Crippen LogP contribution >= 0.6 is 0 Å². The Morgan fingerprint density at radius 3 is 2.22 bits per heavy atom. The summed E-state index contributed by atoms with van der Waals surface area (Å²) in [6.07, 6.45) is -5.89. The highest BCUT2D eigenvalue weighted by Crippen LogP contribution is 2.23. The van der Waals surface area contributed by atoms with E-state index in [2.05, 4.69) is 0 Å². The lowest BCUT2D eigenvalue weighted by Gasteiger charge is -2.10. The zero-order valence-corrected chi connectivity index (χ0v) is 10.3. The van der Waals surface area contributed by atoms with Crippen LogP contribution in [0.25, 0.3) is 0 Å². The van der Waals surface area contributed by atoms with Gasteiger partial charge in [-0.1, -0.05) is 0 Å².